The van der Waals surface area contributed by atoms with Crippen LogP contribution < -0.4 is 0 Å². The SMILES string of the molecule is C[Si](C)(C)Br.C[Si](C)(C)OP(O[Si](C)(C)C)O[Si](C)(C)C. The second-order valence-electron chi connectivity index (χ2n) is 8.90. The third-order valence-electron chi connectivity index (χ3n) is 1.05. The molecule has 0 heterocycles. The predicted octanol–water partition coefficient (Wildman–Crippen LogP) is 6.98. The fourth-order valence-electron chi connectivity index (χ4n) is 0.727. The second kappa shape index (κ2) is 9.22. The van der Waals surface area contributed by atoms with Gasteiger partial charge in [0.05, 0.1) is 0 Å². The van der Waals surface area contributed by atoms with E-state index in [2.05, 4.69) is 93.9 Å². The van der Waals surface area contributed by atoms with Crippen molar-refractivity contribution in [1.82, 2.24) is 0 Å². The van der Waals surface area contributed by atoms with Crippen molar-refractivity contribution in [2.24, 2.45) is 0 Å². The molecule has 0 N–H and O–H groups in total. The van der Waals surface area contributed by atoms with Crippen molar-refractivity contribution >= 4 is 55.5 Å². The Morgan fingerprint density at radius 3 is 0.762 bits per heavy atom. The molecule has 0 aromatic carbocycles. The van der Waals surface area contributed by atoms with E-state index in [0.29, 0.717) is 0 Å². The van der Waals surface area contributed by atoms with Crippen LogP contribution in [0.1, 0.15) is 0 Å². The number of hydrogen-bond donors (Lipinski definition) is 0. The van der Waals surface area contributed by atoms with Gasteiger partial charge in [-0.2, -0.15) is 0 Å². The van der Waals surface area contributed by atoms with Crippen LogP contribution in [0.5, 0.6) is 0 Å². The first-order valence-electron chi connectivity index (χ1n) is 7.35. The molecule has 0 fully saturated rings. The van der Waals surface area contributed by atoms with E-state index >= 15 is 0 Å². The molecule has 0 radical (unpaired) electrons. The monoisotopic (exact) mass is 450 g/mol. The van der Waals surface area contributed by atoms with E-state index in [1.54, 1.807) is 0 Å². The van der Waals surface area contributed by atoms with Crippen molar-refractivity contribution in [1.29, 1.82) is 0 Å². The molecule has 0 saturated carbocycles. The first-order chi connectivity index (χ1) is 8.79. The van der Waals surface area contributed by atoms with Crippen molar-refractivity contribution in [2.45, 2.75) is 78.6 Å². The lowest BCUT2D eigenvalue weighted by Crippen LogP contribution is -2.32. The maximum Gasteiger partial charge on any atom is 0.300 e. The molecule has 21 heavy (non-hydrogen) atoms. The summed E-state index contributed by atoms with van der Waals surface area (Å²) in [6, 6.07) is 0. The van der Waals surface area contributed by atoms with Gasteiger partial charge in [0.2, 0.25) is 0 Å². The summed E-state index contributed by atoms with van der Waals surface area (Å²) in [6.07, 6.45) is 0. The van der Waals surface area contributed by atoms with Crippen molar-refractivity contribution < 1.29 is 12.6 Å². The van der Waals surface area contributed by atoms with Gasteiger partial charge in [0.15, 0.2) is 25.0 Å². The molecular formula is C12H36BrO3PSi4. The van der Waals surface area contributed by atoms with Gasteiger partial charge in [0.1, 0.15) is 6.69 Å². The minimum absolute atomic E-state index is 0.799. The van der Waals surface area contributed by atoms with E-state index in [9.17, 15) is 0 Å². The van der Waals surface area contributed by atoms with Gasteiger partial charge in [-0.3, -0.25) is 0 Å². The maximum absolute atomic E-state index is 6.02. The van der Waals surface area contributed by atoms with Gasteiger partial charge < -0.3 is 12.6 Å². The fraction of sp³-hybridized carbons (Fsp3) is 1.00. The van der Waals surface area contributed by atoms with E-state index in [0.717, 1.165) is 0 Å². The minimum Gasteiger partial charge on any atom is -0.356 e. The fourth-order valence-corrected chi connectivity index (χ4v) is 7.55. The molecule has 0 aliphatic heterocycles. The standard InChI is InChI=1S/C9H27O3PSi3.C3H9BrSi/c1-14(2,3)10-13(11-15(4,5)6)12-16(7,8)9;1-5(2,3)4/h1-9H3;1-3H3. The van der Waals surface area contributed by atoms with Crippen molar-refractivity contribution in [2.75, 3.05) is 0 Å². The molecular weight excluding hydrogens is 415 g/mol. The summed E-state index contributed by atoms with van der Waals surface area (Å²) < 4.78 is 18.1. The Bertz CT molecular complexity index is 249. The lowest BCUT2D eigenvalue weighted by atomic mass is 11.8. The highest BCUT2D eigenvalue weighted by atomic mass is 79.9. The summed E-state index contributed by atoms with van der Waals surface area (Å²) in [6.45, 7) is 25.5. The number of halogens is 1. The molecule has 0 spiro atoms. The molecule has 0 unspecified atom stereocenters. The molecule has 0 saturated heterocycles. The highest BCUT2D eigenvalue weighted by Gasteiger charge is 2.32. The van der Waals surface area contributed by atoms with E-state index in [-0.39, 0.29) is 0 Å². The average Bonchev–Trinajstić information content (AvgIpc) is 1.86. The maximum atomic E-state index is 6.02. The zero-order valence-electron chi connectivity index (χ0n) is 16.0. The summed E-state index contributed by atoms with van der Waals surface area (Å²) in [5, 5.41) is 0. The van der Waals surface area contributed by atoms with Crippen LogP contribution in [-0.4, -0.2) is 31.6 Å². The van der Waals surface area contributed by atoms with Crippen LogP contribution in [0.25, 0.3) is 0 Å². The molecule has 3 nitrogen and oxygen atoms in total. The number of rotatable bonds is 6. The quantitative estimate of drug-likeness (QED) is 0.248. The summed E-state index contributed by atoms with van der Waals surface area (Å²) in [5.74, 6) is 0. The van der Waals surface area contributed by atoms with Gasteiger partial charge in [0, 0.05) is 0 Å². The lowest BCUT2D eigenvalue weighted by Gasteiger charge is -2.32. The molecule has 0 aromatic heterocycles. The van der Waals surface area contributed by atoms with Gasteiger partial charge in [-0.1, -0.05) is 19.6 Å². The topological polar surface area (TPSA) is 27.7 Å². The normalized spacial score (nSPS) is 14.0. The van der Waals surface area contributed by atoms with Crippen LogP contribution in [0.3, 0.4) is 0 Å². The van der Waals surface area contributed by atoms with Gasteiger partial charge >= 0.3 is 0 Å². The largest absolute Gasteiger partial charge is 0.356 e. The molecule has 0 aliphatic rings. The van der Waals surface area contributed by atoms with Crippen molar-refractivity contribution in [3.63, 3.8) is 0 Å². The molecule has 0 rings (SSSR count). The minimum atomic E-state index is -1.60. The van der Waals surface area contributed by atoms with Gasteiger partial charge in [-0.25, -0.2) is 0 Å². The first kappa shape index (κ1) is 24.9. The molecule has 130 valence electrons. The molecule has 0 aromatic rings. The zero-order valence-corrected chi connectivity index (χ0v) is 22.5. The Morgan fingerprint density at radius 1 is 0.524 bits per heavy atom. The van der Waals surface area contributed by atoms with Crippen LogP contribution in [0.15, 0.2) is 0 Å². The highest BCUT2D eigenvalue weighted by molar-refractivity contribution is 9.26. The Morgan fingerprint density at radius 2 is 0.667 bits per heavy atom. The van der Waals surface area contributed by atoms with E-state index in [1.165, 1.54) is 0 Å². The van der Waals surface area contributed by atoms with Gasteiger partial charge in [-0.05, 0) is 58.9 Å². The van der Waals surface area contributed by atoms with Crippen LogP contribution >= 0.6 is 23.9 Å². The lowest BCUT2D eigenvalue weighted by molar-refractivity contribution is 0.383. The van der Waals surface area contributed by atoms with Gasteiger partial charge in [0.25, 0.3) is 8.60 Å². The van der Waals surface area contributed by atoms with Gasteiger partial charge in [-0.15, -0.1) is 15.3 Å². The molecule has 9 heteroatoms. The van der Waals surface area contributed by atoms with Crippen molar-refractivity contribution in [3.8, 4) is 0 Å². The third kappa shape index (κ3) is 30.2. The zero-order chi connectivity index (χ0) is 17.7. The summed E-state index contributed by atoms with van der Waals surface area (Å²) in [4.78, 5) is 0. The average molecular weight is 452 g/mol. The molecule has 0 aliphatic carbocycles. The molecule has 0 atom stereocenters. The van der Waals surface area contributed by atoms with Crippen LogP contribution in [-0.2, 0) is 12.6 Å². The van der Waals surface area contributed by atoms with Crippen LogP contribution in [0.4, 0.5) is 0 Å². The van der Waals surface area contributed by atoms with E-state index in [4.69, 9.17) is 12.6 Å². The first-order valence-corrected chi connectivity index (χ1v) is 24.4. The third-order valence-corrected chi connectivity index (χ3v) is 9.41. The summed E-state index contributed by atoms with van der Waals surface area (Å²) in [5.41, 5.74) is 0. The second-order valence-corrected chi connectivity index (χ2v) is 35.5. The Hall–Kier alpha value is 1.66. The predicted molar refractivity (Wildman–Crippen MR) is 112 cm³/mol. The van der Waals surface area contributed by atoms with Crippen molar-refractivity contribution in [3.05, 3.63) is 0 Å². The Labute approximate surface area is 146 Å². The summed E-state index contributed by atoms with van der Waals surface area (Å²) >= 11 is 3.51. The van der Waals surface area contributed by atoms with Crippen LogP contribution in [0.2, 0.25) is 78.6 Å². The van der Waals surface area contributed by atoms with E-state index in [1.807, 2.05) is 0 Å². The number of hydrogen-bond acceptors (Lipinski definition) is 3. The molecule has 0 bridgehead atoms. The van der Waals surface area contributed by atoms with E-state index < -0.39 is 40.2 Å². The van der Waals surface area contributed by atoms with Crippen LogP contribution in [0, 0.1) is 0 Å². The Kier molecular flexibility index (Phi) is 10.9. The summed E-state index contributed by atoms with van der Waals surface area (Å²) in [7, 11) is -5.93. The smallest absolute Gasteiger partial charge is 0.300 e. The Balaban J connectivity index is 0. The highest BCUT2D eigenvalue weighted by Crippen LogP contribution is 2.47. The molecule has 0 amide bonds.